The van der Waals surface area contributed by atoms with Crippen molar-refractivity contribution in [3.05, 3.63) is 10.2 Å². The van der Waals surface area contributed by atoms with Gasteiger partial charge in [-0.3, -0.25) is 0 Å². The van der Waals surface area contributed by atoms with Crippen LogP contribution in [0.4, 0.5) is 5.00 Å². The highest BCUT2D eigenvalue weighted by Gasteiger charge is 2.10. The number of halogens is 1. The molecule has 10 heavy (non-hydrogen) atoms. The SMILES string of the molecule is CC(C)c1nsc(N)c1Br. The Kier molecular flexibility index (Phi) is 2.31. The van der Waals surface area contributed by atoms with E-state index in [1.165, 1.54) is 11.5 Å². The summed E-state index contributed by atoms with van der Waals surface area (Å²) in [5, 5.41) is 0.767. The molecule has 0 radical (unpaired) electrons. The maximum absolute atomic E-state index is 5.59. The van der Waals surface area contributed by atoms with Crippen LogP contribution in [0, 0.1) is 0 Å². The average molecular weight is 221 g/mol. The Hall–Kier alpha value is -0.0900. The van der Waals surface area contributed by atoms with E-state index in [1.807, 2.05) is 0 Å². The molecule has 1 heterocycles. The Balaban J connectivity index is 3.05. The first-order valence-electron chi connectivity index (χ1n) is 3.03. The van der Waals surface area contributed by atoms with Gasteiger partial charge in [0, 0.05) is 0 Å². The van der Waals surface area contributed by atoms with Crippen LogP contribution in [0.2, 0.25) is 0 Å². The largest absolute Gasteiger partial charge is 0.388 e. The van der Waals surface area contributed by atoms with Gasteiger partial charge in [-0.15, -0.1) is 0 Å². The molecule has 1 aromatic heterocycles. The molecule has 0 aliphatic heterocycles. The third-order valence-electron chi connectivity index (χ3n) is 1.23. The second-order valence-electron chi connectivity index (χ2n) is 2.40. The van der Waals surface area contributed by atoms with Crippen LogP contribution in [0.5, 0.6) is 0 Å². The molecular weight excluding hydrogens is 212 g/mol. The average Bonchev–Trinajstić information content (AvgIpc) is 2.14. The lowest BCUT2D eigenvalue weighted by molar-refractivity contribution is 0.835. The molecule has 0 saturated heterocycles. The Bertz CT molecular complexity index is 232. The number of anilines is 1. The lowest BCUT2D eigenvalue weighted by Crippen LogP contribution is -1.88. The first kappa shape index (κ1) is 8.01. The van der Waals surface area contributed by atoms with Crippen molar-refractivity contribution in [2.45, 2.75) is 19.8 Å². The zero-order chi connectivity index (χ0) is 7.72. The minimum absolute atomic E-state index is 0.447. The maximum Gasteiger partial charge on any atom is 0.121 e. The van der Waals surface area contributed by atoms with Crippen molar-refractivity contribution in [3.8, 4) is 0 Å². The van der Waals surface area contributed by atoms with Crippen LogP contribution in [0.25, 0.3) is 0 Å². The summed E-state index contributed by atoms with van der Waals surface area (Å²) in [6, 6.07) is 0. The number of nitrogen functional groups attached to an aromatic ring is 1. The van der Waals surface area contributed by atoms with Gasteiger partial charge in [-0.1, -0.05) is 13.8 Å². The summed E-state index contributed by atoms with van der Waals surface area (Å²) in [6.07, 6.45) is 0. The molecule has 4 heteroatoms. The van der Waals surface area contributed by atoms with Gasteiger partial charge in [0.15, 0.2) is 0 Å². The molecule has 0 amide bonds. The van der Waals surface area contributed by atoms with Crippen molar-refractivity contribution < 1.29 is 0 Å². The number of nitrogens with zero attached hydrogens (tertiary/aromatic N) is 1. The van der Waals surface area contributed by atoms with E-state index in [0.29, 0.717) is 5.92 Å². The molecule has 0 aliphatic rings. The zero-order valence-corrected chi connectivity index (χ0v) is 8.29. The number of hydrogen-bond acceptors (Lipinski definition) is 3. The molecular formula is C6H9BrN2S. The van der Waals surface area contributed by atoms with E-state index in [1.54, 1.807) is 0 Å². The molecule has 0 bridgehead atoms. The van der Waals surface area contributed by atoms with Crippen LogP contribution in [0.1, 0.15) is 25.5 Å². The van der Waals surface area contributed by atoms with Gasteiger partial charge in [0.2, 0.25) is 0 Å². The monoisotopic (exact) mass is 220 g/mol. The molecule has 0 aliphatic carbocycles. The summed E-state index contributed by atoms with van der Waals surface area (Å²) in [6.45, 7) is 4.19. The van der Waals surface area contributed by atoms with Gasteiger partial charge in [0.1, 0.15) is 5.00 Å². The summed E-state index contributed by atoms with van der Waals surface area (Å²) in [7, 11) is 0. The van der Waals surface area contributed by atoms with Crippen LogP contribution in [0.3, 0.4) is 0 Å². The molecule has 0 aromatic carbocycles. The Labute approximate surface area is 72.7 Å². The minimum Gasteiger partial charge on any atom is -0.388 e. The van der Waals surface area contributed by atoms with Crippen LogP contribution >= 0.6 is 27.5 Å². The highest BCUT2D eigenvalue weighted by molar-refractivity contribution is 9.10. The van der Waals surface area contributed by atoms with Crippen molar-refractivity contribution in [2.75, 3.05) is 5.73 Å². The summed E-state index contributed by atoms with van der Waals surface area (Å²) in [4.78, 5) is 0. The fraction of sp³-hybridized carbons (Fsp3) is 0.500. The van der Waals surface area contributed by atoms with Gasteiger partial charge < -0.3 is 5.73 Å². The van der Waals surface area contributed by atoms with Gasteiger partial charge in [-0.05, 0) is 33.4 Å². The number of nitrogens with two attached hydrogens (primary N) is 1. The van der Waals surface area contributed by atoms with Crippen molar-refractivity contribution in [1.82, 2.24) is 4.37 Å². The van der Waals surface area contributed by atoms with Crippen LogP contribution in [0.15, 0.2) is 4.47 Å². The minimum atomic E-state index is 0.447. The molecule has 0 spiro atoms. The van der Waals surface area contributed by atoms with Gasteiger partial charge >= 0.3 is 0 Å². The predicted octanol–water partition coefficient (Wildman–Crippen LogP) is 2.61. The van der Waals surface area contributed by atoms with E-state index in [9.17, 15) is 0 Å². The lowest BCUT2D eigenvalue weighted by atomic mass is 10.1. The van der Waals surface area contributed by atoms with E-state index in [2.05, 4.69) is 34.2 Å². The van der Waals surface area contributed by atoms with Crippen molar-refractivity contribution in [3.63, 3.8) is 0 Å². The second kappa shape index (κ2) is 2.88. The molecule has 56 valence electrons. The molecule has 2 N–H and O–H groups in total. The summed E-state index contributed by atoms with van der Waals surface area (Å²) in [5.41, 5.74) is 6.65. The molecule has 0 saturated carbocycles. The molecule has 1 aromatic rings. The summed E-state index contributed by atoms with van der Waals surface area (Å²) in [5.74, 6) is 0.447. The fourth-order valence-corrected chi connectivity index (χ4v) is 2.23. The smallest absolute Gasteiger partial charge is 0.121 e. The van der Waals surface area contributed by atoms with Gasteiger partial charge in [-0.2, -0.15) is 4.37 Å². The molecule has 1 rings (SSSR count). The van der Waals surface area contributed by atoms with Crippen molar-refractivity contribution in [2.24, 2.45) is 0 Å². The van der Waals surface area contributed by atoms with Crippen molar-refractivity contribution in [1.29, 1.82) is 0 Å². The van der Waals surface area contributed by atoms with E-state index >= 15 is 0 Å². The molecule has 0 unspecified atom stereocenters. The fourth-order valence-electron chi connectivity index (χ4n) is 0.664. The highest BCUT2D eigenvalue weighted by atomic mass is 79.9. The van der Waals surface area contributed by atoms with E-state index < -0.39 is 0 Å². The van der Waals surface area contributed by atoms with Crippen LogP contribution in [-0.4, -0.2) is 4.37 Å². The van der Waals surface area contributed by atoms with Gasteiger partial charge in [0.05, 0.1) is 10.2 Å². The van der Waals surface area contributed by atoms with Crippen LogP contribution in [-0.2, 0) is 0 Å². The normalized spacial score (nSPS) is 10.8. The molecule has 0 fully saturated rings. The Morgan fingerprint density at radius 1 is 1.60 bits per heavy atom. The van der Waals surface area contributed by atoms with Gasteiger partial charge in [-0.25, -0.2) is 0 Å². The standard InChI is InChI=1S/C6H9BrN2S/c1-3(2)5-4(7)6(8)10-9-5/h3H,8H2,1-2H3. The first-order chi connectivity index (χ1) is 4.63. The van der Waals surface area contributed by atoms with Gasteiger partial charge in [0.25, 0.3) is 0 Å². The third kappa shape index (κ3) is 1.32. The first-order valence-corrected chi connectivity index (χ1v) is 4.60. The number of aromatic nitrogens is 1. The quantitative estimate of drug-likeness (QED) is 0.791. The number of hydrogen-bond donors (Lipinski definition) is 1. The van der Waals surface area contributed by atoms with Crippen LogP contribution < -0.4 is 5.73 Å². The van der Waals surface area contributed by atoms with E-state index in [4.69, 9.17) is 5.73 Å². The Morgan fingerprint density at radius 2 is 2.20 bits per heavy atom. The third-order valence-corrected chi connectivity index (χ3v) is 3.02. The summed E-state index contributed by atoms with van der Waals surface area (Å²) < 4.78 is 5.15. The van der Waals surface area contributed by atoms with Crippen molar-refractivity contribution >= 4 is 32.5 Å². The topological polar surface area (TPSA) is 38.9 Å². The predicted molar refractivity (Wildman–Crippen MR) is 48.3 cm³/mol. The summed E-state index contributed by atoms with van der Waals surface area (Å²) >= 11 is 4.71. The Morgan fingerprint density at radius 3 is 2.40 bits per heavy atom. The molecule has 0 atom stereocenters. The lowest BCUT2D eigenvalue weighted by Gasteiger charge is -1.98. The second-order valence-corrected chi connectivity index (χ2v) is 4.00. The highest BCUT2D eigenvalue weighted by Crippen LogP contribution is 2.31. The zero-order valence-electron chi connectivity index (χ0n) is 5.89. The van der Waals surface area contributed by atoms with E-state index in [-0.39, 0.29) is 0 Å². The molecule has 2 nitrogen and oxygen atoms in total. The van der Waals surface area contributed by atoms with E-state index in [0.717, 1.165) is 15.2 Å². The maximum atomic E-state index is 5.59. The number of rotatable bonds is 1.